The van der Waals surface area contributed by atoms with Gasteiger partial charge in [0.05, 0.1) is 52.2 Å². The number of methoxy groups -OCH3 is 1. The molecule has 3 unspecified atom stereocenters. The summed E-state index contributed by atoms with van der Waals surface area (Å²) in [4.78, 5) is 60.4. The Labute approximate surface area is 322 Å². The van der Waals surface area contributed by atoms with Gasteiger partial charge in [-0.25, -0.2) is 4.79 Å². The molecular weight excluding hydrogens is 713 g/mol. The molecule has 288 valence electrons. The average molecular weight is 757 g/mol. The lowest BCUT2D eigenvalue weighted by molar-refractivity contribution is -0.135. The first kappa shape index (κ1) is 35.7. The zero-order valence-corrected chi connectivity index (χ0v) is 31.5. The fourth-order valence-corrected chi connectivity index (χ4v) is 9.62. The van der Waals surface area contributed by atoms with Gasteiger partial charge in [-0.1, -0.05) is 6.07 Å². The molecule has 2 aromatic carbocycles. The predicted octanol–water partition coefficient (Wildman–Crippen LogP) is 4.28. The molecule has 3 aliphatic heterocycles. The number of hydrogen-bond donors (Lipinski definition) is 2. The van der Waals surface area contributed by atoms with Crippen LogP contribution in [-0.4, -0.2) is 85.3 Å². The highest BCUT2D eigenvalue weighted by atomic mass is 16.5. The normalized spacial score (nSPS) is 24.0. The van der Waals surface area contributed by atoms with E-state index in [4.69, 9.17) is 9.84 Å². The number of amides is 3. The van der Waals surface area contributed by atoms with E-state index in [1.54, 1.807) is 23.3 Å². The van der Waals surface area contributed by atoms with Crippen LogP contribution in [0.5, 0.6) is 5.75 Å². The van der Waals surface area contributed by atoms with Crippen molar-refractivity contribution in [2.45, 2.75) is 75.5 Å². The summed E-state index contributed by atoms with van der Waals surface area (Å²) in [6.45, 7) is 2.86. The predicted molar refractivity (Wildman–Crippen MR) is 209 cm³/mol. The minimum absolute atomic E-state index is 0.215. The number of carbonyl (C=O) groups is 3. The van der Waals surface area contributed by atoms with Crippen molar-refractivity contribution in [1.82, 2.24) is 34.1 Å². The highest BCUT2D eigenvalue weighted by molar-refractivity contribution is 6.06. The molecule has 1 aliphatic carbocycles. The van der Waals surface area contributed by atoms with Crippen molar-refractivity contribution in [3.63, 3.8) is 0 Å². The summed E-state index contributed by atoms with van der Waals surface area (Å²) < 4.78 is 10.9. The number of fused-ring (bicyclic) bond motifs is 4. The van der Waals surface area contributed by atoms with Crippen molar-refractivity contribution in [1.29, 1.82) is 5.26 Å². The van der Waals surface area contributed by atoms with Crippen molar-refractivity contribution >= 4 is 51.0 Å². The highest BCUT2D eigenvalue weighted by Gasteiger charge is 2.42. The molecule has 15 nitrogen and oxygen atoms in total. The van der Waals surface area contributed by atoms with Crippen LogP contribution in [0.2, 0.25) is 0 Å². The van der Waals surface area contributed by atoms with Gasteiger partial charge >= 0.3 is 5.69 Å². The Balaban J connectivity index is 0.850. The van der Waals surface area contributed by atoms with Gasteiger partial charge in [-0.15, -0.1) is 0 Å². The maximum Gasteiger partial charge on any atom is 0.329 e. The second-order valence-corrected chi connectivity index (χ2v) is 15.7. The number of anilines is 2. The molecule has 4 fully saturated rings. The van der Waals surface area contributed by atoms with Gasteiger partial charge in [0.15, 0.2) is 0 Å². The van der Waals surface area contributed by atoms with Gasteiger partial charge in [0.25, 0.3) is 5.91 Å². The van der Waals surface area contributed by atoms with Crippen molar-refractivity contribution < 1.29 is 19.1 Å². The van der Waals surface area contributed by atoms with Gasteiger partial charge in [-0.05, 0) is 75.1 Å². The Morgan fingerprint density at radius 1 is 1.00 bits per heavy atom. The molecule has 5 aromatic rings. The number of hydrogen-bond acceptors (Lipinski definition) is 10. The second-order valence-electron chi connectivity index (χ2n) is 15.7. The molecule has 56 heavy (non-hydrogen) atoms. The lowest BCUT2D eigenvalue weighted by atomic mass is 9.85. The van der Waals surface area contributed by atoms with Crippen molar-refractivity contribution in [3.05, 3.63) is 76.6 Å². The molecule has 2 N–H and O–H groups in total. The van der Waals surface area contributed by atoms with Crippen LogP contribution < -0.4 is 26.0 Å². The van der Waals surface area contributed by atoms with E-state index in [9.17, 15) is 24.4 Å². The van der Waals surface area contributed by atoms with E-state index in [1.165, 1.54) is 18.5 Å². The minimum atomic E-state index is -0.704. The number of carbonyl (C=O) groups excluding carboxylic acids is 3. The number of piperazine rings is 1. The molecule has 3 atom stereocenters. The van der Waals surface area contributed by atoms with Gasteiger partial charge in [-0.3, -0.25) is 43.4 Å². The number of aryl methyl sites for hydroxylation is 1. The third kappa shape index (κ3) is 6.27. The van der Waals surface area contributed by atoms with Crippen LogP contribution in [0.3, 0.4) is 0 Å². The summed E-state index contributed by atoms with van der Waals surface area (Å²) in [5.41, 5.74) is 4.26. The molecule has 0 radical (unpaired) electrons. The number of piperidine rings is 1. The number of nitrogens with zero attached hydrogens (tertiary/aromatic N) is 8. The zero-order valence-electron chi connectivity index (χ0n) is 31.5. The van der Waals surface area contributed by atoms with Crippen LogP contribution in [0.25, 0.3) is 21.9 Å². The Morgan fingerprint density at radius 2 is 1.77 bits per heavy atom. The maximum absolute atomic E-state index is 13.6. The zero-order chi connectivity index (χ0) is 38.7. The van der Waals surface area contributed by atoms with Gasteiger partial charge in [0.2, 0.25) is 11.8 Å². The first-order valence-corrected chi connectivity index (χ1v) is 19.5. The topological polar surface area (TPSA) is 172 Å². The van der Waals surface area contributed by atoms with Crippen LogP contribution in [0, 0.1) is 17.2 Å². The maximum atomic E-state index is 13.6. The largest absolute Gasteiger partial charge is 0.494 e. The molecule has 1 saturated carbocycles. The van der Waals surface area contributed by atoms with Gasteiger partial charge in [-0.2, -0.15) is 10.4 Å². The Morgan fingerprint density at radius 3 is 2.50 bits per heavy atom. The number of benzene rings is 2. The smallest absolute Gasteiger partial charge is 0.329 e. The van der Waals surface area contributed by atoms with Crippen molar-refractivity contribution in [2.24, 2.45) is 13.0 Å². The lowest BCUT2D eigenvalue weighted by Gasteiger charge is -2.44. The van der Waals surface area contributed by atoms with E-state index in [0.29, 0.717) is 47.0 Å². The summed E-state index contributed by atoms with van der Waals surface area (Å²) in [6, 6.07) is 13.7. The van der Waals surface area contributed by atoms with Crippen LogP contribution in [0.1, 0.15) is 79.4 Å². The highest BCUT2D eigenvalue weighted by Crippen LogP contribution is 2.40. The fourth-order valence-electron chi connectivity index (χ4n) is 9.62. The summed E-state index contributed by atoms with van der Waals surface area (Å²) in [5.74, 6) is 0.0174. The first-order chi connectivity index (χ1) is 27.2. The number of imide groups is 1. The molecule has 4 aliphatic rings. The summed E-state index contributed by atoms with van der Waals surface area (Å²) >= 11 is 0. The van der Waals surface area contributed by atoms with Crippen LogP contribution in [0.15, 0.2) is 59.8 Å². The third-order valence-corrected chi connectivity index (χ3v) is 12.5. The quantitative estimate of drug-likeness (QED) is 0.218. The lowest BCUT2D eigenvalue weighted by Crippen LogP contribution is -2.55. The average Bonchev–Trinajstić information content (AvgIpc) is 3.81. The fraction of sp³-hybridized carbons (Fsp3) is 0.439. The number of nitriles is 1. The Bertz CT molecular complexity index is 2470. The number of ether oxygens (including phenoxy) is 1. The molecule has 9 rings (SSSR count). The molecule has 3 amide bonds. The van der Waals surface area contributed by atoms with E-state index >= 15 is 0 Å². The number of aromatic nitrogens is 5. The third-order valence-electron chi connectivity index (χ3n) is 12.5. The van der Waals surface area contributed by atoms with E-state index in [2.05, 4.69) is 42.4 Å². The molecule has 0 spiro atoms. The molecule has 3 saturated heterocycles. The van der Waals surface area contributed by atoms with Crippen LogP contribution >= 0.6 is 0 Å². The summed E-state index contributed by atoms with van der Waals surface area (Å²) in [5, 5.41) is 20.4. The van der Waals surface area contributed by atoms with E-state index in [0.717, 1.165) is 85.8 Å². The van der Waals surface area contributed by atoms with Crippen molar-refractivity contribution in [2.75, 3.05) is 37.0 Å². The van der Waals surface area contributed by atoms with E-state index in [-0.39, 0.29) is 30.0 Å². The number of para-hydroxylation sites is 1. The standard InChI is InChI=1S/C41H44N10O5/c1-47-38-33(4-3-5-34(38)51(41(47)55)35-12-13-37(52)45-40(35)54)48-22-29-10-11-30(23-48)49(29)20-24-6-8-28(9-7-24)50-21-27-15-32(36(56-2)16-31(27)46-50)44-39(53)26-14-25(17-42)18-43-19-26/h3-5,14-16,18-19,21,24,28-30,35H,6-13,20,22-23H2,1-2H3,(H,44,53)(H,45,52,54)/t24-,28-,29?,30?,35?. The van der Waals surface area contributed by atoms with Crippen molar-refractivity contribution in [3.8, 4) is 11.8 Å². The molecule has 15 heteroatoms. The number of imidazole rings is 1. The number of rotatable bonds is 8. The minimum Gasteiger partial charge on any atom is -0.494 e. The SMILES string of the molecule is COc1cc2nn([C@H]3CC[C@H](CN4C5CCC4CN(c4cccc6c4n(C)c(=O)n6C4CCC(=O)NC4=O)C5)CC3)cc2cc1NC(=O)c1cncc(C#N)c1. The summed E-state index contributed by atoms with van der Waals surface area (Å²) in [6.07, 6.45) is 12.1. The van der Waals surface area contributed by atoms with Gasteiger partial charge in [0, 0.05) is 75.2 Å². The second kappa shape index (κ2) is 14.2. The Hall–Kier alpha value is -6.01. The molecule has 2 bridgehead atoms. The van der Waals surface area contributed by atoms with E-state index in [1.807, 2.05) is 30.3 Å². The Kier molecular flexibility index (Phi) is 9.08. The number of nitrogens with one attached hydrogen (secondary N) is 2. The molecule has 3 aromatic heterocycles. The van der Waals surface area contributed by atoms with Crippen LogP contribution in [0.4, 0.5) is 11.4 Å². The van der Waals surface area contributed by atoms with E-state index < -0.39 is 11.9 Å². The number of pyridine rings is 1. The first-order valence-electron chi connectivity index (χ1n) is 19.5. The monoisotopic (exact) mass is 756 g/mol. The molecular formula is C41H44N10O5. The van der Waals surface area contributed by atoms with Crippen LogP contribution in [-0.2, 0) is 16.6 Å². The molecule has 6 heterocycles. The van der Waals surface area contributed by atoms with Gasteiger partial charge < -0.3 is 15.0 Å². The summed E-state index contributed by atoms with van der Waals surface area (Å²) in [7, 11) is 3.34. The van der Waals surface area contributed by atoms with Gasteiger partial charge in [0.1, 0.15) is 17.9 Å².